The first kappa shape index (κ1) is 8.42. The van der Waals surface area contributed by atoms with Crippen molar-refractivity contribution in [3.8, 4) is 0 Å². The summed E-state index contributed by atoms with van der Waals surface area (Å²) in [5, 5.41) is 0. The Morgan fingerprint density at radius 3 is 3.29 bits per heavy atom. The lowest BCUT2D eigenvalue weighted by Gasteiger charge is -2.34. The fourth-order valence-corrected chi connectivity index (χ4v) is 2.43. The van der Waals surface area contributed by atoms with E-state index in [0.717, 1.165) is 18.5 Å². The minimum absolute atomic E-state index is 0.242. The van der Waals surface area contributed by atoms with E-state index >= 15 is 0 Å². The van der Waals surface area contributed by atoms with Crippen LogP contribution < -0.4 is 0 Å². The van der Waals surface area contributed by atoms with E-state index in [1.54, 1.807) is 0 Å². The van der Waals surface area contributed by atoms with Crippen molar-refractivity contribution in [3.63, 3.8) is 0 Å². The molecule has 3 aliphatic rings. The molecule has 1 aliphatic heterocycles. The molecule has 2 nitrogen and oxygen atoms in total. The molecule has 0 radical (unpaired) electrons. The number of nitrogens with zero attached hydrogens (tertiary/aromatic N) is 1. The molecule has 0 aromatic rings. The third kappa shape index (κ3) is 1.34. The van der Waals surface area contributed by atoms with E-state index in [-0.39, 0.29) is 6.10 Å². The fraction of sp³-hybridized carbons (Fsp3) is 0.583. The van der Waals surface area contributed by atoms with Gasteiger partial charge in [-0.05, 0) is 31.8 Å². The monoisotopic (exact) mass is 189 g/mol. The first-order valence-electron chi connectivity index (χ1n) is 5.53. The fourth-order valence-electron chi connectivity index (χ4n) is 2.43. The summed E-state index contributed by atoms with van der Waals surface area (Å²) in [4.78, 5) is 4.73. The third-order valence-electron chi connectivity index (χ3n) is 3.21. The Labute approximate surface area is 84.4 Å². The predicted octanol–water partition coefficient (Wildman–Crippen LogP) is 2.61. The maximum absolute atomic E-state index is 6.04. The SMILES string of the molecule is C1=CCC2OC3CCCCC3=NC2=C1. The van der Waals surface area contributed by atoms with Gasteiger partial charge < -0.3 is 4.74 Å². The van der Waals surface area contributed by atoms with Gasteiger partial charge in [0.15, 0.2) is 0 Å². The van der Waals surface area contributed by atoms with Crippen molar-refractivity contribution in [3.05, 3.63) is 23.9 Å². The van der Waals surface area contributed by atoms with Crippen molar-refractivity contribution in [1.29, 1.82) is 0 Å². The van der Waals surface area contributed by atoms with Gasteiger partial charge in [0.1, 0.15) is 6.10 Å². The molecule has 0 N–H and O–H groups in total. The number of rotatable bonds is 0. The molecular weight excluding hydrogens is 174 g/mol. The maximum Gasteiger partial charge on any atom is 0.104 e. The highest BCUT2D eigenvalue weighted by Gasteiger charge is 2.30. The Morgan fingerprint density at radius 1 is 1.29 bits per heavy atom. The molecular formula is C12H15NO. The molecule has 0 bridgehead atoms. The van der Waals surface area contributed by atoms with Crippen molar-refractivity contribution in [1.82, 2.24) is 0 Å². The first-order chi connectivity index (χ1) is 6.93. The number of hydrogen-bond acceptors (Lipinski definition) is 2. The van der Waals surface area contributed by atoms with Gasteiger partial charge in [-0.2, -0.15) is 0 Å². The average Bonchev–Trinajstić information content (AvgIpc) is 2.26. The minimum Gasteiger partial charge on any atom is -0.362 e. The molecule has 14 heavy (non-hydrogen) atoms. The summed E-state index contributed by atoms with van der Waals surface area (Å²) in [6.45, 7) is 0. The lowest BCUT2D eigenvalue weighted by atomic mass is 9.93. The first-order valence-corrected chi connectivity index (χ1v) is 5.53. The second kappa shape index (κ2) is 3.35. The van der Waals surface area contributed by atoms with Crippen LogP contribution in [0.4, 0.5) is 0 Å². The molecule has 74 valence electrons. The Hall–Kier alpha value is -0.890. The summed E-state index contributed by atoms with van der Waals surface area (Å²) in [7, 11) is 0. The molecule has 2 aliphatic carbocycles. The zero-order valence-corrected chi connectivity index (χ0v) is 8.28. The summed E-state index contributed by atoms with van der Waals surface area (Å²) in [6.07, 6.45) is 12.8. The minimum atomic E-state index is 0.242. The van der Waals surface area contributed by atoms with Crippen molar-refractivity contribution >= 4 is 5.71 Å². The zero-order chi connectivity index (χ0) is 9.38. The highest BCUT2D eigenvalue weighted by Crippen LogP contribution is 2.30. The molecule has 0 saturated heterocycles. The molecule has 2 atom stereocenters. The summed E-state index contributed by atoms with van der Waals surface area (Å²) < 4.78 is 6.04. The van der Waals surface area contributed by atoms with E-state index in [9.17, 15) is 0 Å². The third-order valence-corrected chi connectivity index (χ3v) is 3.21. The van der Waals surface area contributed by atoms with Crippen LogP contribution in [0.3, 0.4) is 0 Å². The maximum atomic E-state index is 6.04. The van der Waals surface area contributed by atoms with Gasteiger partial charge in [-0.15, -0.1) is 0 Å². The Morgan fingerprint density at radius 2 is 2.29 bits per heavy atom. The van der Waals surface area contributed by atoms with Gasteiger partial charge in [-0.3, -0.25) is 4.99 Å². The van der Waals surface area contributed by atoms with Crippen LogP contribution in [0, 0.1) is 0 Å². The lowest BCUT2D eigenvalue weighted by molar-refractivity contribution is 0.0280. The summed E-state index contributed by atoms with van der Waals surface area (Å²) in [5.74, 6) is 0. The zero-order valence-electron chi connectivity index (χ0n) is 8.28. The van der Waals surface area contributed by atoms with E-state index in [0.29, 0.717) is 6.10 Å². The molecule has 0 spiro atoms. The summed E-state index contributed by atoms with van der Waals surface area (Å²) in [5.41, 5.74) is 2.43. The second-order valence-corrected chi connectivity index (χ2v) is 4.22. The molecule has 0 amide bonds. The molecule has 2 unspecified atom stereocenters. The smallest absolute Gasteiger partial charge is 0.104 e. The number of fused-ring (bicyclic) bond motifs is 2. The van der Waals surface area contributed by atoms with Crippen molar-refractivity contribution in [2.75, 3.05) is 0 Å². The Bertz CT molecular complexity index is 327. The Kier molecular flexibility index (Phi) is 2.02. The Balaban J connectivity index is 1.92. The second-order valence-electron chi connectivity index (χ2n) is 4.22. The molecule has 1 fully saturated rings. The average molecular weight is 189 g/mol. The van der Waals surface area contributed by atoms with Crippen LogP contribution >= 0.6 is 0 Å². The molecule has 3 rings (SSSR count). The molecule has 1 saturated carbocycles. The largest absolute Gasteiger partial charge is 0.362 e. The van der Waals surface area contributed by atoms with Gasteiger partial charge in [-0.25, -0.2) is 0 Å². The van der Waals surface area contributed by atoms with Crippen LogP contribution in [0.1, 0.15) is 32.1 Å². The van der Waals surface area contributed by atoms with Crippen molar-refractivity contribution < 1.29 is 4.74 Å². The van der Waals surface area contributed by atoms with Crippen molar-refractivity contribution in [2.45, 2.75) is 44.3 Å². The van der Waals surface area contributed by atoms with Gasteiger partial charge in [0, 0.05) is 5.71 Å². The van der Waals surface area contributed by atoms with E-state index < -0.39 is 0 Å². The summed E-state index contributed by atoms with van der Waals surface area (Å²) >= 11 is 0. The van der Waals surface area contributed by atoms with Gasteiger partial charge in [0.05, 0.1) is 11.8 Å². The van der Waals surface area contributed by atoms with Crippen molar-refractivity contribution in [2.24, 2.45) is 4.99 Å². The number of ether oxygens (including phenoxy) is 1. The van der Waals surface area contributed by atoms with Crippen LogP contribution in [0.25, 0.3) is 0 Å². The van der Waals surface area contributed by atoms with Gasteiger partial charge in [0.25, 0.3) is 0 Å². The van der Waals surface area contributed by atoms with Gasteiger partial charge in [-0.1, -0.05) is 18.6 Å². The topological polar surface area (TPSA) is 21.6 Å². The molecule has 0 aromatic heterocycles. The van der Waals surface area contributed by atoms with E-state index in [2.05, 4.69) is 18.2 Å². The highest BCUT2D eigenvalue weighted by atomic mass is 16.5. The number of allylic oxidation sites excluding steroid dienone is 2. The van der Waals surface area contributed by atoms with Crippen LogP contribution in [0.2, 0.25) is 0 Å². The van der Waals surface area contributed by atoms with Crippen LogP contribution in [-0.2, 0) is 4.74 Å². The number of aliphatic imine (C=N–C) groups is 1. The number of hydrogen-bond donors (Lipinski definition) is 0. The van der Waals surface area contributed by atoms with Gasteiger partial charge >= 0.3 is 0 Å². The predicted molar refractivity (Wildman–Crippen MR) is 56.4 cm³/mol. The molecule has 2 heteroatoms. The summed E-state index contributed by atoms with van der Waals surface area (Å²) in [6, 6.07) is 0. The molecule has 0 aromatic carbocycles. The normalized spacial score (nSPS) is 35.4. The van der Waals surface area contributed by atoms with E-state index in [1.165, 1.54) is 25.0 Å². The highest BCUT2D eigenvalue weighted by molar-refractivity contribution is 5.91. The van der Waals surface area contributed by atoms with E-state index in [1.807, 2.05) is 0 Å². The van der Waals surface area contributed by atoms with Crippen LogP contribution in [-0.4, -0.2) is 17.9 Å². The quantitative estimate of drug-likeness (QED) is 0.574. The standard InChI is InChI=1S/C12H15NO/c1-3-7-11-9(5-1)13-10-6-2-4-8-12(10)14-11/h1,3,5,11-12H,2,4,6-8H2. The van der Waals surface area contributed by atoms with E-state index in [4.69, 9.17) is 9.73 Å². The van der Waals surface area contributed by atoms with Crippen LogP contribution in [0.5, 0.6) is 0 Å². The van der Waals surface area contributed by atoms with Crippen LogP contribution in [0.15, 0.2) is 28.9 Å². The molecule has 1 heterocycles. The lowest BCUT2D eigenvalue weighted by Crippen LogP contribution is -2.37. The van der Waals surface area contributed by atoms with Gasteiger partial charge in [0.2, 0.25) is 0 Å².